The van der Waals surface area contributed by atoms with Gasteiger partial charge in [-0.2, -0.15) is 10.2 Å². The monoisotopic (exact) mass is 742 g/mol. The van der Waals surface area contributed by atoms with Crippen LogP contribution in [-0.2, 0) is 9.47 Å². The number of ether oxygens (including phenoxy) is 2. The van der Waals surface area contributed by atoms with Gasteiger partial charge in [-0.1, -0.05) is 50.1 Å². The highest BCUT2D eigenvalue weighted by molar-refractivity contribution is 9.10. The maximum atomic E-state index is 13.5. The molecule has 4 aromatic carbocycles. The van der Waals surface area contributed by atoms with Crippen molar-refractivity contribution >= 4 is 78.2 Å². The van der Waals surface area contributed by atoms with Crippen LogP contribution in [0.15, 0.2) is 93.9 Å². The number of carbonyl (C=O) groups is 2. The molecule has 2 heterocycles. The van der Waals surface area contributed by atoms with Gasteiger partial charge in [0.15, 0.2) is 11.4 Å². The number of benzene rings is 4. The van der Waals surface area contributed by atoms with Crippen LogP contribution in [0.2, 0.25) is 0 Å². The van der Waals surface area contributed by atoms with E-state index in [1.54, 1.807) is 28.9 Å². The lowest BCUT2D eigenvalue weighted by molar-refractivity contribution is 0.0587. The quantitative estimate of drug-likeness (QED) is 0.163. The molecule has 0 aliphatic heterocycles. The fourth-order valence-corrected chi connectivity index (χ4v) is 4.85. The maximum absolute atomic E-state index is 13.5. The summed E-state index contributed by atoms with van der Waals surface area (Å²) >= 11 is 6.60. The Hall–Kier alpha value is -4.44. The molecule has 3 N–H and O–H groups in total. The molecule has 0 aliphatic carbocycles. The van der Waals surface area contributed by atoms with Crippen LogP contribution in [0.25, 0.3) is 27.5 Å². The number of hydrogen-bond donors (Lipinski definition) is 3. The molecule has 45 heavy (non-hydrogen) atoms. The Balaban J connectivity index is 0.000000166. The summed E-state index contributed by atoms with van der Waals surface area (Å²) in [7, 11) is 1.14. The van der Waals surface area contributed by atoms with Gasteiger partial charge in [0.2, 0.25) is 0 Å². The summed E-state index contributed by atoms with van der Waals surface area (Å²) in [6, 6.07) is 22.6. The highest BCUT2D eigenvalue weighted by Gasteiger charge is 2.19. The zero-order valence-corrected chi connectivity index (χ0v) is 26.7. The van der Waals surface area contributed by atoms with Gasteiger partial charge in [-0.3, -0.25) is 5.10 Å². The number of rotatable bonds is 4. The van der Waals surface area contributed by atoms with E-state index in [-0.39, 0.29) is 11.4 Å². The number of esters is 2. The van der Waals surface area contributed by atoms with Crippen molar-refractivity contribution in [3.05, 3.63) is 117 Å². The molecule has 0 unspecified atom stereocenters. The van der Waals surface area contributed by atoms with E-state index < -0.39 is 30.7 Å². The molecule has 6 rings (SSSR count). The van der Waals surface area contributed by atoms with E-state index in [0.717, 1.165) is 14.6 Å². The third-order valence-electron chi connectivity index (χ3n) is 6.12. The molecule has 0 spiro atoms. The largest absolute Gasteiger partial charge is 0.488 e. The highest BCUT2D eigenvalue weighted by Crippen LogP contribution is 2.25. The fourth-order valence-electron chi connectivity index (χ4n) is 4.05. The minimum Gasteiger partial charge on any atom is -0.464 e. The van der Waals surface area contributed by atoms with E-state index >= 15 is 0 Å². The van der Waals surface area contributed by atoms with Crippen LogP contribution < -0.4 is 5.46 Å². The number of hydrogen-bond acceptors (Lipinski definition) is 8. The maximum Gasteiger partial charge on any atom is 0.488 e. The van der Waals surface area contributed by atoms with E-state index in [4.69, 9.17) is 14.8 Å². The highest BCUT2D eigenvalue weighted by atomic mass is 79.9. The first-order valence-corrected chi connectivity index (χ1v) is 14.5. The number of fused-ring (bicyclic) bond motifs is 2. The summed E-state index contributed by atoms with van der Waals surface area (Å²) in [6.07, 6.45) is 0. The van der Waals surface area contributed by atoms with E-state index in [9.17, 15) is 18.4 Å². The van der Waals surface area contributed by atoms with Gasteiger partial charge < -0.3 is 19.5 Å². The van der Waals surface area contributed by atoms with E-state index in [0.29, 0.717) is 27.3 Å². The lowest BCUT2D eigenvalue weighted by Crippen LogP contribution is -2.29. The van der Waals surface area contributed by atoms with Crippen molar-refractivity contribution in [1.29, 1.82) is 0 Å². The van der Waals surface area contributed by atoms with Crippen molar-refractivity contribution in [3.8, 4) is 5.69 Å². The lowest BCUT2D eigenvalue weighted by atomic mass is 9.81. The van der Waals surface area contributed by atoms with Gasteiger partial charge >= 0.3 is 19.1 Å². The van der Waals surface area contributed by atoms with Crippen molar-refractivity contribution < 1.29 is 37.9 Å². The third kappa shape index (κ3) is 8.19. The van der Waals surface area contributed by atoms with Crippen LogP contribution in [0.4, 0.5) is 8.78 Å². The first-order valence-electron chi connectivity index (χ1n) is 12.9. The van der Waals surface area contributed by atoms with Gasteiger partial charge in [0.25, 0.3) is 0 Å². The van der Waals surface area contributed by atoms with Crippen molar-refractivity contribution in [1.82, 2.24) is 20.0 Å². The Morgan fingerprint density at radius 2 is 1.40 bits per heavy atom. The van der Waals surface area contributed by atoms with Crippen molar-refractivity contribution in [3.63, 3.8) is 0 Å². The predicted octanol–water partition coefficient (Wildman–Crippen LogP) is 5.33. The Morgan fingerprint density at radius 1 is 0.800 bits per heavy atom. The zero-order chi connectivity index (χ0) is 32.7. The Kier molecular flexibility index (Phi) is 11.2. The van der Waals surface area contributed by atoms with E-state index in [2.05, 4.69) is 51.9 Å². The Morgan fingerprint density at radius 3 is 2.00 bits per heavy atom. The minimum absolute atomic E-state index is 0.0898. The lowest BCUT2D eigenvalue weighted by Gasteiger charge is -2.03. The molecule has 0 aliphatic rings. The second-order valence-electron chi connectivity index (χ2n) is 9.08. The third-order valence-corrected chi connectivity index (χ3v) is 7.11. The van der Waals surface area contributed by atoms with Crippen molar-refractivity contribution in [2.75, 3.05) is 14.2 Å². The standard InChI is InChI=1S/C15H10BrFN2O2.C9H7FN2O2.C6H6BBrO2/c1-21-15(20)14-12-8-10(17)5-6-13(12)19(18-14)11-4-2-3-9(16)7-11;1-14-9(13)8-6-4-5(10)2-3-7(6)11-12-8;8-6-3-1-2-5(4-6)7(9)10/h2-8H,1H3;2-4H,1H3,(H,11,12);1-4,9-10H. The van der Waals surface area contributed by atoms with E-state index in [1.165, 1.54) is 44.6 Å². The second kappa shape index (κ2) is 15.0. The molecule has 0 amide bonds. The number of nitrogens with one attached hydrogen (secondary N) is 1. The van der Waals surface area contributed by atoms with Gasteiger partial charge in [-0.05, 0) is 72.2 Å². The molecule has 230 valence electrons. The van der Waals surface area contributed by atoms with Gasteiger partial charge in [-0.25, -0.2) is 23.1 Å². The normalized spacial score (nSPS) is 10.4. The number of aromatic amines is 1. The molecule has 0 atom stereocenters. The Bertz CT molecular complexity index is 1990. The minimum atomic E-state index is -1.38. The Labute approximate surface area is 272 Å². The molecule has 0 radical (unpaired) electrons. The smallest absolute Gasteiger partial charge is 0.464 e. The summed E-state index contributed by atoms with van der Waals surface area (Å²) in [5.41, 5.74) is 2.68. The van der Waals surface area contributed by atoms with Gasteiger partial charge in [0, 0.05) is 19.7 Å². The topological polar surface area (TPSA) is 140 Å². The molecule has 0 fully saturated rings. The first kappa shape index (κ1) is 33.5. The van der Waals surface area contributed by atoms with Crippen LogP contribution in [0, 0.1) is 11.6 Å². The van der Waals surface area contributed by atoms with Gasteiger partial charge in [0.05, 0.1) is 30.9 Å². The molecule has 0 saturated carbocycles. The van der Waals surface area contributed by atoms with Crippen molar-refractivity contribution in [2.45, 2.75) is 0 Å². The summed E-state index contributed by atoms with van der Waals surface area (Å²) in [5.74, 6) is -2.02. The number of methoxy groups -OCH3 is 2. The molecule has 0 saturated heterocycles. The average molecular weight is 744 g/mol. The molecule has 6 aromatic rings. The number of H-pyrrole nitrogens is 1. The summed E-state index contributed by atoms with van der Waals surface area (Å²) in [4.78, 5) is 23.0. The number of carbonyl (C=O) groups excluding carboxylic acids is 2. The van der Waals surface area contributed by atoms with E-state index in [1.807, 2.05) is 30.3 Å². The molecular formula is C30H23BBr2F2N4O6. The SMILES string of the molecule is COC(=O)c1n[nH]c2ccc(F)cc12.COC(=O)c1nn(-c2cccc(Br)c2)c2ccc(F)cc12.OB(O)c1cccc(Br)c1. The fraction of sp³-hybridized carbons (Fsp3) is 0.0667. The molecule has 0 bridgehead atoms. The molecular weight excluding hydrogens is 721 g/mol. The molecule has 10 nitrogen and oxygen atoms in total. The van der Waals surface area contributed by atoms with Gasteiger partial charge in [-0.15, -0.1) is 0 Å². The summed E-state index contributed by atoms with van der Waals surface area (Å²) < 4.78 is 38.9. The van der Waals surface area contributed by atoms with Crippen LogP contribution >= 0.6 is 31.9 Å². The van der Waals surface area contributed by atoms with Gasteiger partial charge in [0.1, 0.15) is 11.6 Å². The predicted molar refractivity (Wildman–Crippen MR) is 171 cm³/mol. The number of nitrogens with zero attached hydrogens (tertiary/aromatic N) is 3. The van der Waals surface area contributed by atoms with Crippen LogP contribution in [-0.4, -0.2) is 63.3 Å². The average Bonchev–Trinajstić information content (AvgIpc) is 3.62. The summed E-state index contributed by atoms with van der Waals surface area (Å²) in [6.45, 7) is 0. The van der Waals surface area contributed by atoms with Crippen LogP contribution in [0.5, 0.6) is 0 Å². The van der Waals surface area contributed by atoms with Crippen LogP contribution in [0.1, 0.15) is 21.0 Å². The van der Waals surface area contributed by atoms with Crippen LogP contribution in [0.3, 0.4) is 0 Å². The second-order valence-corrected chi connectivity index (χ2v) is 10.9. The number of aromatic nitrogens is 4. The van der Waals surface area contributed by atoms with Crippen molar-refractivity contribution in [2.24, 2.45) is 0 Å². The zero-order valence-electron chi connectivity index (χ0n) is 23.5. The molecule has 2 aromatic heterocycles. The molecule has 15 heteroatoms. The first-order chi connectivity index (χ1) is 21.5. The summed E-state index contributed by atoms with van der Waals surface area (Å²) in [5, 5.41) is 28.8. The number of halogens is 4.